The quantitative estimate of drug-likeness (QED) is 0.590. The minimum absolute atomic E-state index is 0.112. The zero-order chi connectivity index (χ0) is 18.4. The molecule has 0 saturated heterocycles. The molecule has 0 aliphatic carbocycles. The molecule has 0 atom stereocenters. The van der Waals surface area contributed by atoms with Crippen LogP contribution in [0.4, 0.5) is 0 Å². The van der Waals surface area contributed by atoms with Gasteiger partial charge in [0.2, 0.25) is 0 Å². The maximum atomic E-state index is 12.0. The van der Waals surface area contributed by atoms with Crippen LogP contribution < -0.4 is 10.4 Å². The van der Waals surface area contributed by atoms with Crippen molar-refractivity contribution >= 4 is 11.0 Å². The van der Waals surface area contributed by atoms with Crippen molar-refractivity contribution in [1.29, 1.82) is 0 Å². The molecule has 130 valence electrons. The summed E-state index contributed by atoms with van der Waals surface area (Å²) < 4.78 is 11.1. The van der Waals surface area contributed by atoms with Gasteiger partial charge in [-0.15, -0.1) is 0 Å². The zero-order valence-electron chi connectivity index (χ0n) is 15.7. The summed E-state index contributed by atoms with van der Waals surface area (Å²) in [6.45, 7) is 10.3. The van der Waals surface area contributed by atoms with Crippen molar-refractivity contribution in [2.24, 2.45) is 0 Å². The second-order valence-corrected chi connectivity index (χ2v) is 7.52. The van der Waals surface area contributed by atoms with Gasteiger partial charge in [-0.05, 0) is 53.6 Å². The van der Waals surface area contributed by atoms with Gasteiger partial charge in [0.15, 0.2) is 0 Å². The average molecular weight is 336 g/mol. The van der Waals surface area contributed by atoms with Crippen molar-refractivity contribution in [2.45, 2.75) is 40.0 Å². The van der Waals surface area contributed by atoms with Crippen LogP contribution in [0.15, 0.2) is 45.6 Å². The molecular weight excluding hydrogens is 312 g/mol. The molecule has 0 amide bonds. The Balaban J connectivity index is 2.21. The third-order valence-electron chi connectivity index (χ3n) is 4.82. The van der Waals surface area contributed by atoms with Crippen molar-refractivity contribution < 1.29 is 9.15 Å². The maximum absolute atomic E-state index is 12.0. The van der Waals surface area contributed by atoms with Gasteiger partial charge in [0.05, 0.1) is 12.5 Å². The number of methoxy groups -OCH3 is 1. The second kappa shape index (κ2) is 6.07. The van der Waals surface area contributed by atoms with Crippen molar-refractivity contribution in [3.05, 3.63) is 63.5 Å². The Morgan fingerprint density at radius 3 is 2.12 bits per heavy atom. The minimum Gasteiger partial charge on any atom is -0.496 e. The third kappa shape index (κ3) is 3.07. The van der Waals surface area contributed by atoms with Gasteiger partial charge >= 0.3 is 5.63 Å². The van der Waals surface area contributed by atoms with E-state index in [0.29, 0.717) is 11.1 Å². The van der Waals surface area contributed by atoms with E-state index in [0.717, 1.165) is 27.8 Å². The normalized spacial score (nSPS) is 11.8. The number of benzene rings is 2. The highest BCUT2D eigenvalue weighted by Crippen LogP contribution is 2.35. The van der Waals surface area contributed by atoms with Crippen LogP contribution in [0.1, 0.15) is 37.5 Å². The lowest BCUT2D eigenvalue weighted by molar-refractivity contribution is 0.418. The van der Waals surface area contributed by atoms with Gasteiger partial charge in [0.1, 0.15) is 11.3 Å². The van der Waals surface area contributed by atoms with Crippen molar-refractivity contribution in [3.63, 3.8) is 0 Å². The van der Waals surface area contributed by atoms with E-state index >= 15 is 0 Å². The van der Waals surface area contributed by atoms with E-state index < -0.39 is 0 Å². The molecule has 3 heteroatoms. The number of fused-ring (bicyclic) bond motifs is 1. The molecule has 0 aliphatic rings. The molecule has 1 aromatic heterocycles. The molecular formula is C22H24O3. The maximum Gasteiger partial charge on any atom is 0.339 e. The Labute approximate surface area is 148 Å². The first-order valence-electron chi connectivity index (χ1n) is 8.45. The first-order valence-corrected chi connectivity index (χ1v) is 8.45. The van der Waals surface area contributed by atoms with Gasteiger partial charge in [-0.2, -0.15) is 0 Å². The predicted octanol–water partition coefficient (Wildman–Crippen LogP) is 5.38. The van der Waals surface area contributed by atoms with E-state index in [1.54, 1.807) is 14.0 Å². The van der Waals surface area contributed by atoms with Crippen molar-refractivity contribution in [1.82, 2.24) is 0 Å². The Kier molecular flexibility index (Phi) is 4.19. The zero-order valence-corrected chi connectivity index (χ0v) is 15.7. The summed E-state index contributed by atoms with van der Waals surface area (Å²) in [4.78, 5) is 12.0. The fourth-order valence-electron chi connectivity index (χ4n) is 3.05. The Morgan fingerprint density at radius 2 is 1.56 bits per heavy atom. The first kappa shape index (κ1) is 17.3. The van der Waals surface area contributed by atoms with Gasteiger partial charge in [-0.1, -0.05) is 45.0 Å². The molecule has 0 fully saturated rings. The summed E-state index contributed by atoms with van der Waals surface area (Å²) in [6, 6.07) is 12.4. The lowest BCUT2D eigenvalue weighted by Crippen LogP contribution is -2.10. The summed E-state index contributed by atoms with van der Waals surface area (Å²) in [5, 5.41) is 0.856. The van der Waals surface area contributed by atoms with Crippen molar-refractivity contribution in [3.8, 4) is 16.9 Å². The molecule has 2 aromatic carbocycles. The van der Waals surface area contributed by atoms with E-state index in [2.05, 4.69) is 45.0 Å². The third-order valence-corrected chi connectivity index (χ3v) is 4.82. The molecule has 3 rings (SSSR count). The summed E-state index contributed by atoms with van der Waals surface area (Å²) >= 11 is 0. The SMILES string of the molecule is COc1cc(-c2ccc(C(C)(C)C)cc2)cc2oc(=O)c(C)c(C)c12. The molecule has 3 nitrogen and oxygen atoms in total. The molecule has 1 heterocycles. The number of hydrogen-bond acceptors (Lipinski definition) is 3. The lowest BCUT2D eigenvalue weighted by Gasteiger charge is -2.19. The Morgan fingerprint density at radius 1 is 0.920 bits per heavy atom. The monoisotopic (exact) mass is 336 g/mol. The van der Waals surface area contributed by atoms with E-state index in [9.17, 15) is 4.79 Å². The predicted molar refractivity (Wildman–Crippen MR) is 103 cm³/mol. The highest BCUT2D eigenvalue weighted by Gasteiger charge is 2.16. The highest BCUT2D eigenvalue weighted by atomic mass is 16.5. The standard InChI is InChI=1S/C22H24O3/c1-13-14(2)21(23)25-19-12-16(11-18(24-6)20(13)19)15-7-9-17(10-8-15)22(3,4)5/h7-12H,1-6H3. The van der Waals surface area contributed by atoms with Gasteiger partial charge < -0.3 is 9.15 Å². The van der Waals surface area contributed by atoms with Crippen LogP contribution in [-0.4, -0.2) is 7.11 Å². The molecule has 0 bridgehead atoms. The van der Waals surface area contributed by atoms with E-state index in [1.807, 2.05) is 19.1 Å². The molecule has 0 saturated carbocycles. The Bertz CT molecular complexity index is 987. The lowest BCUT2D eigenvalue weighted by atomic mass is 9.86. The fraction of sp³-hybridized carbons (Fsp3) is 0.318. The van der Waals surface area contributed by atoms with Crippen molar-refractivity contribution in [2.75, 3.05) is 7.11 Å². The van der Waals surface area contributed by atoms with E-state index in [-0.39, 0.29) is 11.0 Å². The molecule has 0 N–H and O–H groups in total. The van der Waals surface area contributed by atoms with Gasteiger partial charge in [0.25, 0.3) is 0 Å². The van der Waals surface area contributed by atoms with Gasteiger partial charge in [-0.3, -0.25) is 0 Å². The minimum atomic E-state index is -0.299. The highest BCUT2D eigenvalue weighted by molar-refractivity contribution is 5.91. The van der Waals surface area contributed by atoms with Crippen LogP contribution >= 0.6 is 0 Å². The average Bonchev–Trinajstić information content (AvgIpc) is 2.58. The number of aryl methyl sites for hydroxylation is 1. The van der Waals surface area contributed by atoms with Crippen LogP contribution in [-0.2, 0) is 5.41 Å². The van der Waals surface area contributed by atoms with Crippen LogP contribution in [0, 0.1) is 13.8 Å². The fourth-order valence-corrected chi connectivity index (χ4v) is 3.05. The summed E-state index contributed by atoms with van der Waals surface area (Å²) in [7, 11) is 1.64. The molecule has 3 aromatic rings. The first-order chi connectivity index (χ1) is 11.7. The molecule has 0 spiro atoms. The van der Waals surface area contributed by atoms with E-state index in [1.165, 1.54) is 5.56 Å². The topological polar surface area (TPSA) is 39.4 Å². The Hall–Kier alpha value is -2.55. The molecule has 0 unspecified atom stereocenters. The van der Waals surface area contributed by atoms with Crippen LogP contribution in [0.2, 0.25) is 0 Å². The van der Waals surface area contributed by atoms with Crippen LogP contribution in [0.3, 0.4) is 0 Å². The molecule has 25 heavy (non-hydrogen) atoms. The molecule has 0 aliphatic heterocycles. The number of ether oxygens (including phenoxy) is 1. The van der Waals surface area contributed by atoms with Gasteiger partial charge in [-0.25, -0.2) is 4.79 Å². The molecule has 0 radical (unpaired) electrons. The number of hydrogen-bond donors (Lipinski definition) is 0. The van der Waals surface area contributed by atoms with Crippen LogP contribution in [0.5, 0.6) is 5.75 Å². The van der Waals surface area contributed by atoms with Gasteiger partial charge in [0, 0.05) is 5.56 Å². The second-order valence-electron chi connectivity index (χ2n) is 7.52. The van der Waals surface area contributed by atoms with Crippen LogP contribution in [0.25, 0.3) is 22.1 Å². The summed E-state index contributed by atoms with van der Waals surface area (Å²) in [5.74, 6) is 0.719. The smallest absolute Gasteiger partial charge is 0.339 e. The largest absolute Gasteiger partial charge is 0.496 e. The number of rotatable bonds is 2. The van der Waals surface area contributed by atoms with E-state index in [4.69, 9.17) is 9.15 Å². The summed E-state index contributed by atoms with van der Waals surface area (Å²) in [6.07, 6.45) is 0. The summed E-state index contributed by atoms with van der Waals surface area (Å²) in [5.41, 5.74) is 5.20.